The van der Waals surface area contributed by atoms with Gasteiger partial charge in [0.1, 0.15) is 6.04 Å². The number of hydrogen-bond donors (Lipinski definition) is 2. The van der Waals surface area contributed by atoms with Crippen molar-refractivity contribution >= 4 is 30.7 Å². The Kier molecular flexibility index (Phi) is 10.6. The molecule has 0 aromatic carbocycles. The third-order valence-corrected chi connectivity index (χ3v) is 4.44. The first kappa shape index (κ1) is 21.9. The van der Waals surface area contributed by atoms with E-state index in [2.05, 4.69) is 29.4 Å². The molecule has 1 amide bonds. The van der Waals surface area contributed by atoms with Gasteiger partial charge in [-0.2, -0.15) is 0 Å². The zero-order chi connectivity index (χ0) is 14.5. The average molecular weight is 356 g/mol. The zero-order valence-corrected chi connectivity index (χ0v) is 15.5. The molecule has 2 rings (SSSR count). The van der Waals surface area contributed by atoms with Crippen LogP contribution in [0.25, 0.3) is 0 Å². The lowest BCUT2D eigenvalue weighted by atomic mass is 9.96. The van der Waals surface area contributed by atoms with Crippen LogP contribution in [0, 0.1) is 5.92 Å². The standard InChI is InChI=1S/C15H29N3O2.2ClH/c1-11(2)18-7-4-5-13(10-18)9-17-15(19)14-12(3)20-8-6-16-14;;/h11-14,16H,4-10H2,1-3H3,(H,17,19);2*1H/t12-,13?,14+;;/m1../s1. The van der Waals surface area contributed by atoms with Crippen molar-refractivity contribution in [2.45, 2.75) is 51.8 Å². The van der Waals surface area contributed by atoms with Gasteiger partial charge in [0.15, 0.2) is 0 Å². The molecule has 2 fully saturated rings. The molecule has 0 bridgehead atoms. The molecular formula is C15H31Cl2N3O2. The maximum Gasteiger partial charge on any atom is 0.239 e. The van der Waals surface area contributed by atoms with E-state index in [1.807, 2.05) is 6.92 Å². The van der Waals surface area contributed by atoms with Crippen LogP contribution < -0.4 is 10.6 Å². The molecule has 132 valence electrons. The Labute approximate surface area is 146 Å². The Morgan fingerprint density at radius 2 is 2.14 bits per heavy atom. The van der Waals surface area contributed by atoms with Crippen molar-refractivity contribution in [1.82, 2.24) is 15.5 Å². The molecule has 0 aromatic rings. The second kappa shape index (κ2) is 10.7. The first-order valence-electron chi connectivity index (χ1n) is 7.94. The molecule has 5 nitrogen and oxygen atoms in total. The predicted molar refractivity (Wildman–Crippen MR) is 94.1 cm³/mol. The molecular weight excluding hydrogens is 325 g/mol. The minimum absolute atomic E-state index is 0. The highest BCUT2D eigenvalue weighted by Gasteiger charge is 2.29. The lowest BCUT2D eigenvalue weighted by molar-refractivity contribution is -0.129. The summed E-state index contributed by atoms with van der Waals surface area (Å²) in [6.07, 6.45) is 2.41. The first-order valence-corrected chi connectivity index (χ1v) is 7.94. The van der Waals surface area contributed by atoms with Crippen molar-refractivity contribution in [1.29, 1.82) is 0 Å². The van der Waals surface area contributed by atoms with E-state index in [9.17, 15) is 4.79 Å². The summed E-state index contributed by atoms with van der Waals surface area (Å²) in [5.41, 5.74) is 0. The van der Waals surface area contributed by atoms with Gasteiger partial charge in [0.25, 0.3) is 0 Å². The summed E-state index contributed by atoms with van der Waals surface area (Å²) in [5, 5.41) is 6.34. The van der Waals surface area contributed by atoms with Crippen LogP contribution in [-0.2, 0) is 9.53 Å². The van der Waals surface area contributed by atoms with Crippen LogP contribution >= 0.6 is 24.8 Å². The van der Waals surface area contributed by atoms with Gasteiger partial charge in [0.05, 0.1) is 12.7 Å². The summed E-state index contributed by atoms with van der Waals surface area (Å²) in [6.45, 7) is 11.0. The number of hydrogen-bond acceptors (Lipinski definition) is 4. The molecule has 2 heterocycles. The maximum absolute atomic E-state index is 12.2. The normalized spacial score (nSPS) is 29.4. The summed E-state index contributed by atoms with van der Waals surface area (Å²) in [6, 6.07) is 0.399. The first-order chi connectivity index (χ1) is 9.58. The number of morpholine rings is 1. The molecule has 2 aliphatic heterocycles. The molecule has 0 aliphatic carbocycles. The van der Waals surface area contributed by atoms with Crippen molar-refractivity contribution in [3.8, 4) is 0 Å². The molecule has 2 saturated heterocycles. The van der Waals surface area contributed by atoms with Gasteiger partial charge < -0.3 is 20.3 Å². The van der Waals surface area contributed by atoms with E-state index in [1.54, 1.807) is 0 Å². The Bertz CT molecular complexity index is 332. The van der Waals surface area contributed by atoms with E-state index in [0.29, 0.717) is 18.6 Å². The second-order valence-corrected chi connectivity index (χ2v) is 6.35. The fourth-order valence-electron chi connectivity index (χ4n) is 3.12. The molecule has 0 radical (unpaired) electrons. The average Bonchev–Trinajstić information content (AvgIpc) is 2.45. The van der Waals surface area contributed by atoms with Crippen molar-refractivity contribution in [2.24, 2.45) is 5.92 Å². The van der Waals surface area contributed by atoms with Gasteiger partial charge in [0.2, 0.25) is 5.91 Å². The van der Waals surface area contributed by atoms with Crippen LogP contribution in [0.1, 0.15) is 33.6 Å². The van der Waals surface area contributed by atoms with Crippen LogP contribution in [0.3, 0.4) is 0 Å². The molecule has 2 N–H and O–H groups in total. The van der Waals surface area contributed by atoms with Crippen LogP contribution in [0.15, 0.2) is 0 Å². The van der Waals surface area contributed by atoms with Crippen molar-refractivity contribution in [3.63, 3.8) is 0 Å². The Morgan fingerprint density at radius 3 is 2.77 bits per heavy atom. The van der Waals surface area contributed by atoms with Crippen molar-refractivity contribution in [2.75, 3.05) is 32.8 Å². The van der Waals surface area contributed by atoms with Crippen LogP contribution in [0.4, 0.5) is 0 Å². The summed E-state index contributed by atoms with van der Waals surface area (Å²) in [4.78, 5) is 14.7. The largest absolute Gasteiger partial charge is 0.375 e. The van der Waals surface area contributed by atoms with Gasteiger partial charge in [0, 0.05) is 25.7 Å². The highest BCUT2D eigenvalue weighted by atomic mass is 35.5. The van der Waals surface area contributed by atoms with Crippen LogP contribution in [0.2, 0.25) is 0 Å². The number of piperidine rings is 1. The van der Waals surface area contributed by atoms with E-state index < -0.39 is 0 Å². The third-order valence-electron chi connectivity index (χ3n) is 4.44. The molecule has 0 saturated carbocycles. The number of amides is 1. The Morgan fingerprint density at radius 1 is 1.41 bits per heavy atom. The maximum atomic E-state index is 12.2. The number of ether oxygens (including phenoxy) is 1. The lowest BCUT2D eigenvalue weighted by Gasteiger charge is -2.36. The molecule has 2 aliphatic rings. The number of carbonyl (C=O) groups is 1. The fraction of sp³-hybridized carbons (Fsp3) is 0.933. The smallest absolute Gasteiger partial charge is 0.239 e. The monoisotopic (exact) mass is 355 g/mol. The van der Waals surface area contributed by atoms with Crippen molar-refractivity contribution in [3.05, 3.63) is 0 Å². The number of nitrogens with one attached hydrogen (secondary N) is 2. The van der Waals surface area contributed by atoms with Gasteiger partial charge in [-0.05, 0) is 46.1 Å². The summed E-state index contributed by atoms with van der Waals surface area (Å²) >= 11 is 0. The molecule has 0 spiro atoms. The van der Waals surface area contributed by atoms with E-state index in [4.69, 9.17) is 4.74 Å². The molecule has 7 heteroatoms. The van der Waals surface area contributed by atoms with E-state index in [0.717, 1.165) is 19.6 Å². The van der Waals surface area contributed by atoms with Crippen LogP contribution in [0.5, 0.6) is 0 Å². The SMILES string of the molecule is CC(C)N1CCCC(CNC(=O)[C@H]2NCCO[C@@H]2C)C1.Cl.Cl. The highest BCUT2D eigenvalue weighted by molar-refractivity contribution is 5.85. The van der Waals surface area contributed by atoms with E-state index >= 15 is 0 Å². The van der Waals surface area contributed by atoms with Crippen molar-refractivity contribution < 1.29 is 9.53 Å². The highest BCUT2D eigenvalue weighted by Crippen LogP contribution is 2.17. The summed E-state index contributed by atoms with van der Waals surface area (Å²) in [7, 11) is 0. The predicted octanol–water partition coefficient (Wildman–Crippen LogP) is 1.44. The Hall–Kier alpha value is -0.0700. The van der Waals surface area contributed by atoms with Gasteiger partial charge >= 0.3 is 0 Å². The Balaban J connectivity index is 0.00000220. The molecule has 3 atom stereocenters. The zero-order valence-electron chi connectivity index (χ0n) is 13.8. The molecule has 1 unspecified atom stereocenters. The fourth-order valence-corrected chi connectivity index (χ4v) is 3.12. The minimum atomic E-state index is -0.200. The minimum Gasteiger partial charge on any atom is -0.375 e. The quantitative estimate of drug-likeness (QED) is 0.801. The van der Waals surface area contributed by atoms with E-state index in [1.165, 1.54) is 19.4 Å². The number of halogens is 2. The number of likely N-dealkylation sites (tertiary alicyclic amines) is 1. The second-order valence-electron chi connectivity index (χ2n) is 6.35. The topological polar surface area (TPSA) is 53.6 Å². The molecule has 0 aromatic heterocycles. The van der Waals surface area contributed by atoms with Gasteiger partial charge in [-0.15, -0.1) is 24.8 Å². The van der Waals surface area contributed by atoms with Gasteiger partial charge in [-0.1, -0.05) is 0 Å². The summed E-state index contributed by atoms with van der Waals surface area (Å²) < 4.78 is 5.52. The third kappa shape index (κ3) is 6.20. The molecule has 22 heavy (non-hydrogen) atoms. The number of nitrogens with zero attached hydrogens (tertiary/aromatic N) is 1. The summed E-state index contributed by atoms with van der Waals surface area (Å²) in [5.74, 6) is 0.661. The number of rotatable bonds is 4. The number of carbonyl (C=O) groups excluding carboxylic acids is 1. The van der Waals surface area contributed by atoms with Gasteiger partial charge in [-0.3, -0.25) is 4.79 Å². The van der Waals surface area contributed by atoms with Gasteiger partial charge in [-0.25, -0.2) is 0 Å². The van der Waals surface area contributed by atoms with Crippen LogP contribution in [-0.4, -0.2) is 61.8 Å². The lowest BCUT2D eigenvalue weighted by Crippen LogP contribution is -2.56. The van der Waals surface area contributed by atoms with E-state index in [-0.39, 0.29) is 42.9 Å².